The second-order valence-corrected chi connectivity index (χ2v) is 4.78. The van der Waals surface area contributed by atoms with Crippen molar-refractivity contribution in [2.45, 2.75) is 6.54 Å². The number of rotatable bonds is 5. The highest BCUT2D eigenvalue weighted by Gasteiger charge is 2.15. The average Bonchev–Trinajstić information content (AvgIpc) is 3.09. The lowest BCUT2D eigenvalue weighted by atomic mass is 10.3. The molecule has 0 atom stereocenters. The number of anilines is 1. The van der Waals surface area contributed by atoms with Gasteiger partial charge in [-0.15, -0.1) is 0 Å². The van der Waals surface area contributed by atoms with Crippen LogP contribution >= 0.6 is 0 Å². The number of hydrogen-bond acceptors (Lipinski definition) is 7. The molecule has 1 saturated heterocycles. The molecule has 22 heavy (non-hydrogen) atoms. The Bertz CT molecular complexity index is 611. The Balaban J connectivity index is 1.57. The van der Waals surface area contributed by atoms with Crippen molar-refractivity contribution in [1.82, 2.24) is 30.0 Å². The first-order valence-corrected chi connectivity index (χ1v) is 7.08. The van der Waals surface area contributed by atoms with Crippen LogP contribution in [0.3, 0.4) is 0 Å². The molecule has 3 rings (SSSR count). The predicted molar refractivity (Wildman–Crippen MR) is 77.4 cm³/mol. The maximum absolute atomic E-state index is 12.1. The van der Waals surface area contributed by atoms with Crippen LogP contribution in [-0.4, -0.2) is 63.5 Å². The van der Waals surface area contributed by atoms with Crippen LogP contribution in [0.4, 0.5) is 5.82 Å². The lowest BCUT2D eigenvalue weighted by Crippen LogP contribution is -2.37. The molecule has 0 aromatic carbocycles. The molecule has 9 nitrogen and oxygen atoms in total. The fourth-order valence-electron chi connectivity index (χ4n) is 2.16. The monoisotopic (exact) mass is 303 g/mol. The van der Waals surface area contributed by atoms with Crippen molar-refractivity contribution in [3.05, 3.63) is 30.7 Å². The van der Waals surface area contributed by atoms with Gasteiger partial charge in [0.1, 0.15) is 30.5 Å². The number of amides is 1. The van der Waals surface area contributed by atoms with E-state index in [9.17, 15) is 4.79 Å². The Morgan fingerprint density at radius 1 is 1.27 bits per heavy atom. The van der Waals surface area contributed by atoms with Crippen molar-refractivity contribution in [2.24, 2.45) is 0 Å². The summed E-state index contributed by atoms with van der Waals surface area (Å²) in [6.07, 6.45) is 4.48. The largest absolute Gasteiger partial charge is 0.378 e. The van der Waals surface area contributed by atoms with Crippen LogP contribution in [0.1, 0.15) is 10.5 Å². The summed E-state index contributed by atoms with van der Waals surface area (Å²) in [4.78, 5) is 26.3. The summed E-state index contributed by atoms with van der Waals surface area (Å²) < 4.78 is 6.96. The van der Waals surface area contributed by atoms with Crippen LogP contribution in [0.2, 0.25) is 0 Å². The van der Waals surface area contributed by atoms with E-state index in [-0.39, 0.29) is 5.91 Å². The van der Waals surface area contributed by atoms with Gasteiger partial charge in [-0.05, 0) is 0 Å². The highest BCUT2D eigenvalue weighted by Crippen LogP contribution is 2.12. The van der Waals surface area contributed by atoms with E-state index < -0.39 is 0 Å². The van der Waals surface area contributed by atoms with E-state index in [1.54, 1.807) is 17.1 Å². The van der Waals surface area contributed by atoms with Gasteiger partial charge in [0.05, 0.1) is 19.8 Å². The van der Waals surface area contributed by atoms with E-state index in [1.807, 2.05) is 0 Å². The van der Waals surface area contributed by atoms with Crippen LogP contribution in [0.5, 0.6) is 0 Å². The Hall–Kier alpha value is -2.55. The Labute approximate surface area is 127 Å². The number of carbonyl (C=O) groups is 1. The molecule has 1 amide bonds. The number of aromatic nitrogens is 5. The molecule has 0 spiro atoms. The minimum atomic E-state index is -0.225. The number of ether oxygens (including phenoxy) is 1. The highest BCUT2D eigenvalue weighted by molar-refractivity contribution is 5.92. The first-order valence-electron chi connectivity index (χ1n) is 7.08. The van der Waals surface area contributed by atoms with E-state index in [1.165, 1.54) is 12.7 Å². The van der Waals surface area contributed by atoms with E-state index in [4.69, 9.17) is 4.74 Å². The van der Waals surface area contributed by atoms with Gasteiger partial charge in [-0.1, -0.05) is 0 Å². The highest BCUT2D eigenvalue weighted by atomic mass is 16.5. The molecular formula is C13H17N7O2. The van der Waals surface area contributed by atoms with Gasteiger partial charge in [-0.3, -0.25) is 9.48 Å². The van der Waals surface area contributed by atoms with Gasteiger partial charge in [-0.25, -0.2) is 15.0 Å². The quantitative estimate of drug-likeness (QED) is 0.782. The molecule has 0 saturated carbocycles. The van der Waals surface area contributed by atoms with E-state index in [0.717, 1.165) is 18.9 Å². The summed E-state index contributed by atoms with van der Waals surface area (Å²) in [5.74, 6) is 0.525. The van der Waals surface area contributed by atoms with Gasteiger partial charge in [0, 0.05) is 25.7 Å². The van der Waals surface area contributed by atoms with Crippen molar-refractivity contribution in [1.29, 1.82) is 0 Å². The molecule has 9 heteroatoms. The maximum Gasteiger partial charge on any atom is 0.270 e. The zero-order chi connectivity index (χ0) is 15.2. The molecule has 1 fully saturated rings. The van der Waals surface area contributed by atoms with E-state index in [2.05, 4.69) is 30.3 Å². The summed E-state index contributed by atoms with van der Waals surface area (Å²) in [6, 6.07) is 1.70. The third kappa shape index (κ3) is 3.55. The van der Waals surface area contributed by atoms with Crippen LogP contribution in [-0.2, 0) is 11.3 Å². The fourth-order valence-corrected chi connectivity index (χ4v) is 2.16. The van der Waals surface area contributed by atoms with Gasteiger partial charge < -0.3 is 15.0 Å². The molecule has 2 aromatic rings. The van der Waals surface area contributed by atoms with Crippen molar-refractivity contribution in [3.63, 3.8) is 0 Å². The second-order valence-electron chi connectivity index (χ2n) is 4.78. The lowest BCUT2D eigenvalue weighted by Gasteiger charge is -2.27. The minimum Gasteiger partial charge on any atom is -0.378 e. The lowest BCUT2D eigenvalue weighted by molar-refractivity contribution is 0.0946. The first-order chi connectivity index (χ1) is 10.8. The summed E-state index contributed by atoms with van der Waals surface area (Å²) in [5.41, 5.74) is 0.357. The van der Waals surface area contributed by atoms with Crippen LogP contribution in [0.15, 0.2) is 25.0 Å². The molecule has 116 valence electrons. The summed E-state index contributed by atoms with van der Waals surface area (Å²) in [7, 11) is 0. The molecular weight excluding hydrogens is 286 g/mol. The van der Waals surface area contributed by atoms with Gasteiger partial charge in [0.2, 0.25) is 0 Å². The Kier molecular flexibility index (Phi) is 4.54. The van der Waals surface area contributed by atoms with Crippen molar-refractivity contribution in [2.75, 3.05) is 37.7 Å². The molecule has 0 bridgehead atoms. The predicted octanol–water partition coefficient (Wildman–Crippen LogP) is -0.665. The van der Waals surface area contributed by atoms with Gasteiger partial charge >= 0.3 is 0 Å². The normalized spacial score (nSPS) is 14.8. The molecule has 0 unspecified atom stereocenters. The summed E-state index contributed by atoms with van der Waals surface area (Å²) >= 11 is 0. The molecule has 3 heterocycles. The van der Waals surface area contributed by atoms with Gasteiger partial charge in [-0.2, -0.15) is 5.10 Å². The van der Waals surface area contributed by atoms with Crippen LogP contribution < -0.4 is 10.2 Å². The van der Waals surface area contributed by atoms with Crippen molar-refractivity contribution >= 4 is 11.7 Å². The summed E-state index contributed by atoms with van der Waals surface area (Å²) in [5, 5.41) is 6.78. The van der Waals surface area contributed by atoms with Gasteiger partial charge in [0.25, 0.3) is 5.91 Å². The minimum absolute atomic E-state index is 0.225. The second kappa shape index (κ2) is 6.94. The third-order valence-corrected chi connectivity index (χ3v) is 3.31. The zero-order valence-electron chi connectivity index (χ0n) is 12.1. The van der Waals surface area contributed by atoms with Crippen LogP contribution in [0.25, 0.3) is 0 Å². The van der Waals surface area contributed by atoms with Crippen molar-refractivity contribution in [3.8, 4) is 0 Å². The Morgan fingerprint density at radius 3 is 2.91 bits per heavy atom. The van der Waals surface area contributed by atoms with E-state index >= 15 is 0 Å². The van der Waals surface area contributed by atoms with Crippen molar-refractivity contribution < 1.29 is 9.53 Å². The molecule has 0 aliphatic carbocycles. The number of nitrogens with zero attached hydrogens (tertiary/aromatic N) is 6. The molecule has 1 N–H and O–H groups in total. The smallest absolute Gasteiger partial charge is 0.270 e. The van der Waals surface area contributed by atoms with Crippen LogP contribution in [0, 0.1) is 0 Å². The molecule has 0 radical (unpaired) electrons. The van der Waals surface area contributed by atoms with Gasteiger partial charge in [0.15, 0.2) is 0 Å². The van der Waals surface area contributed by atoms with E-state index in [0.29, 0.717) is 32.0 Å². The number of nitrogens with one attached hydrogen (secondary N) is 1. The zero-order valence-corrected chi connectivity index (χ0v) is 12.1. The Morgan fingerprint density at radius 2 is 2.14 bits per heavy atom. The number of morpholine rings is 1. The third-order valence-electron chi connectivity index (χ3n) is 3.31. The SMILES string of the molecule is O=C(NCCn1cncn1)c1cc(N2CCOCC2)ncn1. The topological polar surface area (TPSA) is 98.1 Å². The standard InChI is InChI=1S/C13H17N7O2/c21-13(15-1-2-20-10-14-8-18-20)11-7-12(17-9-16-11)19-3-5-22-6-4-19/h7-10H,1-6H2,(H,15,21). The fraction of sp³-hybridized carbons (Fsp3) is 0.462. The molecule has 1 aliphatic rings. The summed E-state index contributed by atoms with van der Waals surface area (Å²) in [6.45, 7) is 3.90. The maximum atomic E-state index is 12.1. The number of carbonyl (C=O) groups excluding carboxylic acids is 1. The molecule has 1 aliphatic heterocycles. The number of hydrogen-bond donors (Lipinski definition) is 1. The average molecular weight is 303 g/mol. The molecule has 2 aromatic heterocycles. The first kappa shape index (κ1) is 14.4.